The molecule has 0 atom stereocenters. The second kappa shape index (κ2) is 7.91. The monoisotopic (exact) mass is 290 g/mol. The van der Waals surface area contributed by atoms with Gasteiger partial charge in [-0.05, 0) is 31.0 Å². The summed E-state index contributed by atoms with van der Waals surface area (Å²) >= 11 is 5.95. The van der Waals surface area contributed by atoms with Crippen LogP contribution in [-0.4, -0.2) is 14.9 Å². The van der Waals surface area contributed by atoms with Crippen molar-refractivity contribution in [2.75, 3.05) is 6.61 Å². The molecule has 1 rings (SSSR count). The smallest absolute Gasteiger partial charge is 0.417 e. The maximum absolute atomic E-state index is 6.14. The van der Waals surface area contributed by atoms with Gasteiger partial charge in [0.15, 0.2) is 8.32 Å². The Bertz CT molecular complexity index is 388. The fourth-order valence-electron chi connectivity index (χ4n) is 1.44. The summed E-state index contributed by atoms with van der Waals surface area (Å²) in [6.45, 7) is 12.2. The van der Waals surface area contributed by atoms with Gasteiger partial charge in [0, 0.05) is 6.61 Å². The van der Waals surface area contributed by atoms with Crippen molar-refractivity contribution in [1.82, 2.24) is 0 Å². The van der Waals surface area contributed by atoms with E-state index in [4.69, 9.17) is 16.0 Å². The Morgan fingerprint density at radius 2 is 1.95 bits per heavy atom. The van der Waals surface area contributed by atoms with Crippen molar-refractivity contribution in [3.8, 4) is 0 Å². The fraction of sp³-hybridized carbons (Fsp3) is 0.600. The summed E-state index contributed by atoms with van der Waals surface area (Å²) in [6.07, 6.45) is 2.01. The van der Waals surface area contributed by atoms with Crippen molar-refractivity contribution in [3.05, 3.63) is 34.9 Å². The minimum atomic E-state index is -1.59. The Hall–Kier alpha value is 0.284. The summed E-state index contributed by atoms with van der Waals surface area (Å²) in [4.78, 5) is 0. The van der Waals surface area contributed by atoms with Crippen molar-refractivity contribution in [3.63, 3.8) is 0 Å². The molecule has 0 radical (unpaired) electrons. The van der Waals surface area contributed by atoms with Crippen molar-refractivity contribution in [1.29, 1.82) is 0 Å². The third kappa shape index (κ3) is 6.51. The molecule has 0 heterocycles. The van der Waals surface area contributed by atoms with Crippen LogP contribution in [0.1, 0.15) is 32.8 Å². The van der Waals surface area contributed by atoms with Gasteiger partial charge in [-0.25, -0.2) is 0 Å². The van der Waals surface area contributed by atoms with Gasteiger partial charge in [0.05, 0.1) is 0 Å². The van der Waals surface area contributed by atoms with Gasteiger partial charge in [-0.2, -0.15) is 23.8 Å². The third-order valence-electron chi connectivity index (χ3n) is 3.68. The van der Waals surface area contributed by atoms with Crippen LogP contribution in [-0.2, 0) is 10.8 Å². The minimum absolute atomic E-state index is 0. The second-order valence-corrected chi connectivity index (χ2v) is 11.5. The first-order valence-corrected chi connectivity index (χ1v) is 9.81. The zero-order valence-electron chi connectivity index (χ0n) is 13.1. The van der Waals surface area contributed by atoms with E-state index in [-0.39, 0.29) is 23.9 Å². The first-order chi connectivity index (χ1) is 8.22. The number of halogens is 1. The molecular weight excluding hydrogens is 267 g/mol. The van der Waals surface area contributed by atoms with Crippen LogP contribution < -0.4 is 18.9 Å². The molecule has 0 bridgehead atoms. The second-order valence-electron chi connectivity index (χ2n) is 6.24. The van der Waals surface area contributed by atoms with Gasteiger partial charge >= 0.3 is 18.9 Å². The minimum Gasteiger partial charge on any atom is -0.417 e. The number of hydrogen-bond acceptors (Lipinski definition) is 1. The maximum atomic E-state index is 6.14. The van der Waals surface area contributed by atoms with E-state index in [2.05, 4.69) is 39.9 Å². The summed E-state index contributed by atoms with van der Waals surface area (Å²) < 4.78 is 6.14. The molecule has 0 saturated heterocycles. The van der Waals surface area contributed by atoms with Gasteiger partial charge < -0.3 is 4.43 Å². The summed E-state index contributed by atoms with van der Waals surface area (Å²) in [6, 6.07) is 8.93. The number of benzene rings is 1. The number of hydrogen-bond donors (Lipinski definition) is 0. The molecule has 0 saturated carbocycles. The van der Waals surface area contributed by atoms with Crippen molar-refractivity contribution in [2.45, 2.75) is 51.7 Å². The average molecular weight is 291 g/mol. The van der Waals surface area contributed by atoms with Crippen molar-refractivity contribution >= 4 is 19.9 Å². The number of aryl methyl sites for hydroxylation is 1. The predicted octanol–water partition coefficient (Wildman–Crippen LogP) is 2.10. The van der Waals surface area contributed by atoms with Gasteiger partial charge in [-0.15, -0.1) is 17.7 Å². The van der Waals surface area contributed by atoms with Crippen LogP contribution in [0.25, 0.3) is 0 Å². The molecule has 0 N–H and O–H groups in total. The van der Waals surface area contributed by atoms with Crippen LogP contribution in [0, 0.1) is 6.07 Å². The standard InChI is InChI=1S/C15H24ClOSi.Li/c1-15(2,3)18(4,5)17-11-7-9-13-8-6-10-14(16)12-13;/h6,10,12H,7,9,11H2,1-5H3;/q-1;+1. The number of rotatable bonds is 5. The van der Waals surface area contributed by atoms with Gasteiger partial charge in [-0.3, -0.25) is 0 Å². The molecule has 102 valence electrons. The van der Waals surface area contributed by atoms with E-state index in [9.17, 15) is 0 Å². The van der Waals surface area contributed by atoms with E-state index < -0.39 is 8.32 Å². The van der Waals surface area contributed by atoms with Crippen LogP contribution in [0.2, 0.25) is 23.2 Å². The largest absolute Gasteiger partial charge is 1.00 e. The van der Waals surface area contributed by atoms with E-state index in [1.54, 1.807) is 0 Å². The summed E-state index contributed by atoms with van der Waals surface area (Å²) in [5.41, 5.74) is 1.17. The van der Waals surface area contributed by atoms with Gasteiger partial charge in [0.2, 0.25) is 0 Å². The molecule has 19 heavy (non-hydrogen) atoms. The third-order valence-corrected chi connectivity index (χ3v) is 8.46. The van der Waals surface area contributed by atoms with Crippen molar-refractivity contribution < 1.29 is 23.3 Å². The SMILES string of the molecule is CC(C)(C)[Si](C)(C)OCCCc1[c-]ccc(Cl)c1.[Li+]. The summed E-state index contributed by atoms with van der Waals surface area (Å²) in [5, 5.41) is 1.07. The first-order valence-electron chi connectivity index (χ1n) is 6.52. The van der Waals surface area contributed by atoms with E-state index in [1.807, 2.05) is 18.2 Å². The summed E-state index contributed by atoms with van der Waals surface area (Å²) in [5.74, 6) is 0. The molecule has 0 unspecified atom stereocenters. The van der Waals surface area contributed by atoms with E-state index in [0.29, 0.717) is 0 Å². The van der Waals surface area contributed by atoms with Crippen LogP contribution in [0.3, 0.4) is 0 Å². The van der Waals surface area contributed by atoms with Crippen LogP contribution >= 0.6 is 11.6 Å². The maximum Gasteiger partial charge on any atom is 1.00 e. The molecule has 0 aliphatic carbocycles. The molecule has 0 spiro atoms. The zero-order valence-corrected chi connectivity index (χ0v) is 14.9. The molecule has 0 amide bonds. The van der Waals surface area contributed by atoms with E-state index in [1.165, 1.54) is 5.56 Å². The van der Waals surface area contributed by atoms with E-state index >= 15 is 0 Å². The molecule has 0 aliphatic rings. The molecular formula is C15H24ClLiOSi. The molecule has 1 aromatic rings. The molecule has 1 nitrogen and oxygen atoms in total. The first kappa shape index (κ1) is 19.3. The van der Waals surface area contributed by atoms with Gasteiger partial charge in [-0.1, -0.05) is 25.8 Å². The Balaban J connectivity index is 0.00000324. The molecule has 4 heteroatoms. The Labute approximate surface area is 136 Å². The molecule has 1 aromatic carbocycles. The summed E-state index contributed by atoms with van der Waals surface area (Å²) in [7, 11) is -1.59. The molecule has 0 aromatic heterocycles. The Morgan fingerprint density at radius 3 is 2.47 bits per heavy atom. The average Bonchev–Trinajstić information content (AvgIpc) is 2.23. The Morgan fingerprint density at radius 1 is 1.32 bits per heavy atom. The van der Waals surface area contributed by atoms with Crippen molar-refractivity contribution in [2.24, 2.45) is 0 Å². The fourth-order valence-corrected chi connectivity index (χ4v) is 2.72. The van der Waals surface area contributed by atoms with Gasteiger partial charge in [0.1, 0.15) is 0 Å². The zero-order chi connectivity index (χ0) is 13.8. The topological polar surface area (TPSA) is 9.23 Å². The van der Waals surface area contributed by atoms with Crippen LogP contribution in [0.15, 0.2) is 18.2 Å². The van der Waals surface area contributed by atoms with Crippen LogP contribution in [0.5, 0.6) is 0 Å². The van der Waals surface area contributed by atoms with Crippen LogP contribution in [0.4, 0.5) is 0 Å². The van der Waals surface area contributed by atoms with E-state index in [0.717, 1.165) is 24.5 Å². The normalized spacial score (nSPS) is 12.1. The molecule has 0 aliphatic heterocycles. The molecule has 0 fully saturated rings. The van der Waals surface area contributed by atoms with Gasteiger partial charge in [0.25, 0.3) is 0 Å². The Kier molecular flexibility index (Phi) is 8.02. The quantitative estimate of drug-likeness (QED) is 0.458. The predicted molar refractivity (Wildman–Crippen MR) is 81.8 cm³/mol.